The van der Waals surface area contributed by atoms with E-state index in [0.29, 0.717) is 0 Å². The van der Waals surface area contributed by atoms with Crippen molar-refractivity contribution in [3.05, 3.63) is 351 Å². The van der Waals surface area contributed by atoms with Crippen LogP contribution in [-0.2, 0) is 21.7 Å². The molecule has 560 valence electrons. The van der Waals surface area contributed by atoms with E-state index < -0.39 is 0 Å². The lowest BCUT2D eigenvalue weighted by Crippen LogP contribution is -2.10. The SMILES string of the molecule is Cc1cc(-c2ccc(-n3c4ccc(-c5ccc(C(C)(C)C)cc5)cc4c4cc(-c5ccc(C(C)(C)C)cc5)ccc43)cc2)cc(C)c1C.Cc1cc(-c2ccc(-n3c4ccc(C(C)(C)C)cc4c4cc(C(C)(C)C)ccc43)cc2)cc(C)c1C.Cc1cc(-c2ccc(-n3c4ccccc4c4ccccc43)cc2)cc(C)c1C. The number of nitrogens with zero attached hydrogens (tertiary/aromatic N) is 3. The summed E-state index contributed by atoms with van der Waals surface area (Å²) in [4.78, 5) is 0. The molecule has 0 bridgehead atoms. The first kappa shape index (κ1) is 75.9. The predicted molar refractivity (Wildman–Crippen MR) is 487 cm³/mol. The van der Waals surface area contributed by atoms with Gasteiger partial charge in [0.05, 0.1) is 33.1 Å². The molecule has 0 spiro atoms. The van der Waals surface area contributed by atoms with E-state index in [4.69, 9.17) is 0 Å². The molecule has 0 fully saturated rings. The summed E-state index contributed by atoms with van der Waals surface area (Å²) in [5.74, 6) is 0. The van der Waals surface area contributed by atoms with E-state index in [2.05, 4.69) is 438 Å². The van der Waals surface area contributed by atoms with Gasteiger partial charge >= 0.3 is 0 Å². The zero-order chi connectivity index (χ0) is 79.2. The highest BCUT2D eigenvalue weighted by Gasteiger charge is 2.24. The second-order valence-electron chi connectivity index (χ2n) is 36.0. The quantitative estimate of drug-likeness (QED) is 0.144. The number of benzene rings is 14. The van der Waals surface area contributed by atoms with Crippen LogP contribution in [0.3, 0.4) is 0 Å². The monoisotopic (exact) mass is 1460 g/mol. The predicted octanol–water partition coefficient (Wildman–Crippen LogP) is 30.7. The first-order chi connectivity index (χ1) is 53.2. The number of rotatable bonds is 8. The van der Waals surface area contributed by atoms with Crippen molar-refractivity contribution >= 4 is 65.4 Å². The summed E-state index contributed by atoms with van der Waals surface area (Å²) < 4.78 is 7.22. The summed E-state index contributed by atoms with van der Waals surface area (Å²) in [6, 6.07) is 104. The maximum atomic E-state index is 2.43. The van der Waals surface area contributed by atoms with Gasteiger partial charge in [0.2, 0.25) is 0 Å². The Morgan fingerprint density at radius 2 is 0.375 bits per heavy atom. The maximum Gasteiger partial charge on any atom is 0.0541 e. The van der Waals surface area contributed by atoms with E-state index >= 15 is 0 Å². The molecular formula is C109H109N3. The van der Waals surface area contributed by atoms with Crippen LogP contribution < -0.4 is 0 Å². The third kappa shape index (κ3) is 14.7. The lowest BCUT2D eigenvalue weighted by molar-refractivity contribution is 0.590. The highest BCUT2D eigenvalue weighted by Crippen LogP contribution is 2.43. The third-order valence-electron chi connectivity index (χ3n) is 24.2. The molecular weight excluding hydrogens is 1350 g/mol. The minimum atomic E-state index is 0.107. The smallest absolute Gasteiger partial charge is 0.0541 e. The van der Waals surface area contributed by atoms with Crippen LogP contribution in [0.25, 0.3) is 138 Å². The van der Waals surface area contributed by atoms with Crippen LogP contribution in [0.15, 0.2) is 279 Å². The lowest BCUT2D eigenvalue weighted by atomic mass is 9.85. The normalized spacial score (nSPS) is 12.2. The molecule has 0 N–H and O–H groups in total. The molecule has 0 saturated carbocycles. The average molecular weight is 1460 g/mol. The Bertz CT molecular complexity index is 6120. The second-order valence-corrected chi connectivity index (χ2v) is 36.0. The van der Waals surface area contributed by atoms with Gasteiger partial charge in [0.25, 0.3) is 0 Å². The van der Waals surface area contributed by atoms with Gasteiger partial charge in [-0.15, -0.1) is 0 Å². The summed E-state index contributed by atoms with van der Waals surface area (Å²) in [5.41, 5.74) is 41.7. The molecule has 0 unspecified atom stereocenters. The van der Waals surface area contributed by atoms with Crippen molar-refractivity contribution in [3.63, 3.8) is 0 Å². The lowest BCUT2D eigenvalue weighted by Gasteiger charge is -2.19. The van der Waals surface area contributed by atoms with Crippen LogP contribution in [0.5, 0.6) is 0 Å². The third-order valence-corrected chi connectivity index (χ3v) is 24.2. The number of hydrogen-bond donors (Lipinski definition) is 0. The standard InChI is InChI=1S/C47H47N.C35H39N.C27H23N/c1-30-26-38(27-31(2)32(30)3)35-14-22-41(23-15-35)48-44-24-16-36(33-10-18-39(19-11-33)46(4,5)6)28-42(44)43-29-37(17-25-45(43)48)34-12-20-40(21-13-34)47(7,8)9;1-22-18-26(19-23(2)24(22)3)25-10-14-29(15-11-25)36-32-16-12-27(34(4,5)6)20-30(32)31-21-28(35(7,8)9)13-17-33(31)36;1-18-16-22(17-19(2)20(18)3)21-12-14-23(15-13-21)28-26-10-6-4-8-24(26)25-9-5-7-11-27(25)28/h10-29H,1-9H3;10-21H,1-9H3;4-17H,1-3H3. The van der Waals surface area contributed by atoms with E-state index in [9.17, 15) is 0 Å². The molecule has 3 nitrogen and oxygen atoms in total. The van der Waals surface area contributed by atoms with Crippen LogP contribution in [-0.4, -0.2) is 13.7 Å². The maximum absolute atomic E-state index is 2.43. The Labute approximate surface area is 665 Å². The molecule has 3 heteroatoms. The first-order valence-electron chi connectivity index (χ1n) is 40.2. The molecule has 112 heavy (non-hydrogen) atoms. The van der Waals surface area contributed by atoms with Crippen molar-refractivity contribution in [1.29, 1.82) is 0 Å². The Morgan fingerprint density at radius 3 is 0.643 bits per heavy atom. The Morgan fingerprint density at radius 1 is 0.170 bits per heavy atom. The largest absolute Gasteiger partial charge is 0.309 e. The van der Waals surface area contributed by atoms with Crippen molar-refractivity contribution in [1.82, 2.24) is 13.7 Å². The van der Waals surface area contributed by atoms with Crippen LogP contribution in [0.1, 0.15) is 155 Å². The minimum absolute atomic E-state index is 0.107. The van der Waals surface area contributed by atoms with Crippen molar-refractivity contribution in [2.75, 3.05) is 0 Å². The van der Waals surface area contributed by atoms with Gasteiger partial charge in [-0.1, -0.05) is 265 Å². The minimum Gasteiger partial charge on any atom is -0.309 e. The molecule has 0 amide bonds. The highest BCUT2D eigenvalue weighted by atomic mass is 15.0. The van der Waals surface area contributed by atoms with Crippen LogP contribution in [0.2, 0.25) is 0 Å². The zero-order valence-corrected chi connectivity index (χ0v) is 69.9. The highest BCUT2D eigenvalue weighted by molar-refractivity contribution is 6.13. The summed E-state index contributed by atoms with van der Waals surface area (Å²) in [6.07, 6.45) is 0. The van der Waals surface area contributed by atoms with Gasteiger partial charge in [0.15, 0.2) is 0 Å². The molecule has 0 aliphatic heterocycles. The van der Waals surface area contributed by atoms with Crippen molar-refractivity contribution < 1.29 is 0 Å². The molecule has 0 aliphatic rings. The number of hydrogen-bond acceptors (Lipinski definition) is 0. The topological polar surface area (TPSA) is 14.8 Å². The Kier molecular flexibility index (Phi) is 19.8. The molecule has 17 aromatic rings. The number of aryl methyl sites for hydroxylation is 6. The number of aromatic nitrogens is 3. The van der Waals surface area contributed by atoms with Crippen LogP contribution >= 0.6 is 0 Å². The molecule has 3 aromatic heterocycles. The second kappa shape index (κ2) is 29.3. The van der Waals surface area contributed by atoms with Gasteiger partial charge in [0, 0.05) is 49.4 Å². The van der Waals surface area contributed by atoms with Crippen molar-refractivity contribution in [3.8, 4) is 72.7 Å². The molecule has 3 heterocycles. The van der Waals surface area contributed by atoms with Crippen LogP contribution in [0, 0.1) is 62.3 Å². The number of fused-ring (bicyclic) bond motifs is 9. The van der Waals surface area contributed by atoms with E-state index in [1.807, 2.05) is 0 Å². The fourth-order valence-corrected chi connectivity index (χ4v) is 16.4. The van der Waals surface area contributed by atoms with Gasteiger partial charge < -0.3 is 13.7 Å². The van der Waals surface area contributed by atoms with E-state index in [1.54, 1.807) is 0 Å². The summed E-state index contributed by atoms with van der Waals surface area (Å²) in [7, 11) is 0. The van der Waals surface area contributed by atoms with E-state index in [0.717, 1.165) is 0 Å². The summed E-state index contributed by atoms with van der Waals surface area (Å²) in [5, 5.41) is 7.79. The molecule has 14 aromatic carbocycles. The summed E-state index contributed by atoms with van der Waals surface area (Å²) in [6.45, 7) is 47.2. The fourth-order valence-electron chi connectivity index (χ4n) is 16.4. The molecule has 0 atom stereocenters. The Balaban J connectivity index is 0.000000138. The average Bonchev–Trinajstić information content (AvgIpc) is 1.59. The summed E-state index contributed by atoms with van der Waals surface area (Å²) >= 11 is 0. The van der Waals surface area contributed by atoms with Crippen molar-refractivity contribution in [2.24, 2.45) is 0 Å². The van der Waals surface area contributed by atoms with Gasteiger partial charge in [0.1, 0.15) is 0 Å². The fraction of sp³-hybridized carbons (Fsp3) is 0.229. The zero-order valence-electron chi connectivity index (χ0n) is 69.9. The Hall–Kier alpha value is -11.5. The van der Waals surface area contributed by atoms with Crippen LogP contribution in [0.4, 0.5) is 0 Å². The molecule has 0 saturated heterocycles. The molecule has 0 aliphatic carbocycles. The molecule has 0 radical (unpaired) electrons. The van der Waals surface area contributed by atoms with Gasteiger partial charge in [-0.3, -0.25) is 0 Å². The van der Waals surface area contributed by atoms with Gasteiger partial charge in [-0.25, -0.2) is 0 Å². The number of para-hydroxylation sites is 2. The van der Waals surface area contributed by atoms with E-state index in [1.165, 1.54) is 210 Å². The first-order valence-corrected chi connectivity index (χ1v) is 40.2. The van der Waals surface area contributed by atoms with Gasteiger partial charge in [-0.2, -0.15) is 0 Å². The molecule has 17 rings (SSSR count). The van der Waals surface area contributed by atoms with E-state index in [-0.39, 0.29) is 21.7 Å². The van der Waals surface area contributed by atoms with Crippen molar-refractivity contribution in [2.45, 2.75) is 167 Å². The van der Waals surface area contributed by atoms with Gasteiger partial charge in [-0.05, 0) is 309 Å².